The van der Waals surface area contributed by atoms with Crippen LogP contribution in [0.1, 0.15) is 34.7 Å². The number of hydrogen-bond donors (Lipinski definition) is 1. The van der Waals surface area contributed by atoms with Gasteiger partial charge in [-0.15, -0.1) is 0 Å². The van der Waals surface area contributed by atoms with E-state index in [9.17, 15) is 4.39 Å². The lowest BCUT2D eigenvalue weighted by atomic mass is 9.91. The molecule has 2 nitrogen and oxygen atoms in total. The lowest BCUT2D eigenvalue weighted by Crippen LogP contribution is -2.21. The summed E-state index contributed by atoms with van der Waals surface area (Å²) in [5, 5.41) is 3.34. The van der Waals surface area contributed by atoms with E-state index in [1.165, 1.54) is 11.6 Å². The molecule has 0 saturated heterocycles. The molecule has 0 radical (unpaired) electrons. The van der Waals surface area contributed by atoms with Crippen LogP contribution in [0.25, 0.3) is 0 Å². The van der Waals surface area contributed by atoms with E-state index in [0.29, 0.717) is 0 Å². The number of aryl methyl sites for hydroxylation is 2. The maximum Gasteiger partial charge on any atom is 0.127 e. The summed E-state index contributed by atoms with van der Waals surface area (Å²) < 4.78 is 19.3. The fourth-order valence-corrected chi connectivity index (χ4v) is 3.08. The SMILES string of the molecule is CNC(c1ccc(F)cc1C)c1cccc2c1OCCC2. The highest BCUT2D eigenvalue weighted by Gasteiger charge is 2.22. The Labute approximate surface area is 125 Å². The zero-order valence-corrected chi connectivity index (χ0v) is 12.4. The first kappa shape index (κ1) is 14.1. The van der Waals surface area contributed by atoms with Crippen LogP contribution in [0.5, 0.6) is 5.75 Å². The Balaban J connectivity index is 2.08. The molecule has 1 aliphatic rings. The van der Waals surface area contributed by atoms with Gasteiger partial charge in [0.05, 0.1) is 12.6 Å². The summed E-state index contributed by atoms with van der Waals surface area (Å²) >= 11 is 0. The number of ether oxygens (including phenoxy) is 1. The molecule has 0 amide bonds. The van der Waals surface area contributed by atoms with Crippen LogP contribution >= 0.6 is 0 Å². The maximum atomic E-state index is 13.3. The summed E-state index contributed by atoms with van der Waals surface area (Å²) in [6, 6.07) is 11.3. The minimum atomic E-state index is -0.197. The highest BCUT2D eigenvalue weighted by atomic mass is 19.1. The van der Waals surface area contributed by atoms with Crippen molar-refractivity contribution in [1.82, 2.24) is 5.32 Å². The van der Waals surface area contributed by atoms with Gasteiger partial charge in [0.2, 0.25) is 0 Å². The Bertz CT molecular complexity index is 654. The summed E-state index contributed by atoms with van der Waals surface area (Å²) in [6.45, 7) is 2.71. The summed E-state index contributed by atoms with van der Waals surface area (Å²) in [7, 11) is 1.93. The van der Waals surface area contributed by atoms with Gasteiger partial charge in [-0.3, -0.25) is 0 Å². The van der Waals surface area contributed by atoms with E-state index < -0.39 is 0 Å². The molecule has 3 rings (SSSR count). The summed E-state index contributed by atoms with van der Waals surface area (Å²) in [4.78, 5) is 0. The summed E-state index contributed by atoms with van der Waals surface area (Å²) in [5.41, 5.74) is 4.42. The van der Waals surface area contributed by atoms with Crippen molar-refractivity contribution in [2.75, 3.05) is 13.7 Å². The Hall–Kier alpha value is -1.87. The fourth-order valence-electron chi connectivity index (χ4n) is 3.08. The van der Waals surface area contributed by atoms with Gasteiger partial charge in [0.15, 0.2) is 0 Å². The first-order valence-electron chi connectivity index (χ1n) is 7.38. The lowest BCUT2D eigenvalue weighted by molar-refractivity contribution is 0.283. The van der Waals surface area contributed by atoms with Gasteiger partial charge >= 0.3 is 0 Å². The average molecular weight is 285 g/mol. The predicted molar refractivity (Wildman–Crippen MR) is 82.3 cm³/mol. The standard InChI is InChI=1S/C18H20FNO/c1-12-11-14(19)8-9-15(12)17(20-2)16-7-3-5-13-6-4-10-21-18(13)16/h3,5,7-9,11,17,20H,4,6,10H2,1-2H3. The largest absolute Gasteiger partial charge is 0.493 e. The molecule has 3 heteroatoms. The van der Waals surface area contributed by atoms with Gasteiger partial charge in [0.1, 0.15) is 11.6 Å². The van der Waals surface area contributed by atoms with Crippen LogP contribution in [0.3, 0.4) is 0 Å². The number of benzene rings is 2. The molecule has 110 valence electrons. The van der Waals surface area contributed by atoms with Crippen LogP contribution in [-0.4, -0.2) is 13.7 Å². The van der Waals surface area contributed by atoms with Crippen molar-refractivity contribution in [3.8, 4) is 5.75 Å². The van der Waals surface area contributed by atoms with Crippen LogP contribution in [0.2, 0.25) is 0 Å². The Morgan fingerprint density at radius 3 is 2.81 bits per heavy atom. The minimum Gasteiger partial charge on any atom is -0.493 e. The van der Waals surface area contributed by atoms with Crippen molar-refractivity contribution in [1.29, 1.82) is 0 Å². The Kier molecular flexibility index (Phi) is 3.93. The van der Waals surface area contributed by atoms with E-state index in [-0.39, 0.29) is 11.9 Å². The van der Waals surface area contributed by atoms with E-state index in [1.807, 2.05) is 20.0 Å². The molecule has 1 atom stereocenters. The maximum absolute atomic E-state index is 13.3. The van der Waals surface area contributed by atoms with E-state index in [2.05, 4.69) is 23.5 Å². The molecule has 2 aromatic carbocycles. The van der Waals surface area contributed by atoms with E-state index >= 15 is 0 Å². The van der Waals surface area contributed by atoms with Gasteiger partial charge in [-0.25, -0.2) is 4.39 Å². The molecule has 1 N–H and O–H groups in total. The molecule has 0 aromatic heterocycles. The van der Waals surface area contributed by atoms with Crippen LogP contribution < -0.4 is 10.1 Å². The first-order chi connectivity index (χ1) is 10.2. The molecule has 0 fully saturated rings. The number of nitrogens with one attached hydrogen (secondary N) is 1. The quantitative estimate of drug-likeness (QED) is 0.927. The Morgan fingerprint density at radius 1 is 1.19 bits per heavy atom. The molecule has 0 aliphatic carbocycles. The topological polar surface area (TPSA) is 21.3 Å². The van der Waals surface area contributed by atoms with Crippen molar-refractivity contribution in [3.63, 3.8) is 0 Å². The van der Waals surface area contributed by atoms with Crippen molar-refractivity contribution in [2.24, 2.45) is 0 Å². The molecule has 1 aliphatic heterocycles. The second-order valence-corrected chi connectivity index (χ2v) is 5.51. The monoisotopic (exact) mass is 285 g/mol. The van der Waals surface area contributed by atoms with E-state index in [1.54, 1.807) is 6.07 Å². The number of fused-ring (bicyclic) bond motifs is 1. The smallest absolute Gasteiger partial charge is 0.127 e. The van der Waals surface area contributed by atoms with Crippen LogP contribution in [-0.2, 0) is 6.42 Å². The molecule has 0 bridgehead atoms. The molecule has 2 aromatic rings. The van der Waals surface area contributed by atoms with Crippen molar-refractivity contribution < 1.29 is 9.13 Å². The fraction of sp³-hybridized carbons (Fsp3) is 0.333. The third kappa shape index (κ3) is 2.66. The molecule has 1 heterocycles. The highest BCUT2D eigenvalue weighted by Crippen LogP contribution is 2.36. The minimum absolute atomic E-state index is 0.0126. The van der Waals surface area contributed by atoms with E-state index in [4.69, 9.17) is 4.74 Å². The number of hydrogen-bond acceptors (Lipinski definition) is 2. The van der Waals surface area contributed by atoms with Gasteiger partial charge in [0.25, 0.3) is 0 Å². The van der Waals surface area contributed by atoms with Gasteiger partial charge in [0, 0.05) is 5.56 Å². The van der Waals surface area contributed by atoms with Crippen LogP contribution in [0.15, 0.2) is 36.4 Å². The number of halogens is 1. The molecular weight excluding hydrogens is 265 g/mol. The normalized spacial score (nSPS) is 15.2. The molecular formula is C18H20FNO. The van der Waals surface area contributed by atoms with Crippen LogP contribution in [0.4, 0.5) is 4.39 Å². The van der Waals surface area contributed by atoms with Gasteiger partial charge < -0.3 is 10.1 Å². The number of para-hydroxylation sites is 1. The average Bonchev–Trinajstić information content (AvgIpc) is 2.50. The van der Waals surface area contributed by atoms with Gasteiger partial charge in [-0.1, -0.05) is 24.3 Å². The third-order valence-corrected chi connectivity index (χ3v) is 4.11. The van der Waals surface area contributed by atoms with Gasteiger partial charge in [-0.2, -0.15) is 0 Å². The van der Waals surface area contributed by atoms with Crippen LogP contribution in [0, 0.1) is 12.7 Å². The summed E-state index contributed by atoms with van der Waals surface area (Å²) in [6.07, 6.45) is 2.12. The lowest BCUT2D eigenvalue weighted by Gasteiger charge is -2.26. The Morgan fingerprint density at radius 2 is 2.05 bits per heavy atom. The molecule has 0 spiro atoms. The molecule has 1 unspecified atom stereocenters. The predicted octanol–water partition coefficient (Wildman–Crippen LogP) is 3.77. The second-order valence-electron chi connectivity index (χ2n) is 5.51. The van der Waals surface area contributed by atoms with Crippen molar-refractivity contribution in [2.45, 2.75) is 25.8 Å². The summed E-state index contributed by atoms with van der Waals surface area (Å²) in [5.74, 6) is 0.796. The van der Waals surface area contributed by atoms with Crippen molar-refractivity contribution in [3.05, 3.63) is 64.5 Å². The third-order valence-electron chi connectivity index (χ3n) is 4.11. The van der Waals surface area contributed by atoms with Gasteiger partial charge in [-0.05, 0) is 55.6 Å². The molecule has 0 saturated carbocycles. The zero-order chi connectivity index (χ0) is 14.8. The van der Waals surface area contributed by atoms with E-state index in [0.717, 1.165) is 41.9 Å². The zero-order valence-electron chi connectivity index (χ0n) is 12.4. The van der Waals surface area contributed by atoms with Crippen molar-refractivity contribution >= 4 is 0 Å². The molecule has 21 heavy (non-hydrogen) atoms. The highest BCUT2D eigenvalue weighted by molar-refractivity contribution is 5.49. The second kappa shape index (κ2) is 5.86. The number of rotatable bonds is 3. The first-order valence-corrected chi connectivity index (χ1v) is 7.38.